The van der Waals surface area contributed by atoms with E-state index in [1.54, 1.807) is 7.05 Å². The standard InChI is InChI=1S/C10H23N5O/c1-12-10(16)2-4-13-6-8-15-9-7-14-5-3-11/h8,13-14H,2-7,9,11H2,1H3,(H,12,16). The van der Waals surface area contributed by atoms with Gasteiger partial charge in [0.05, 0.1) is 6.54 Å². The molecule has 0 aliphatic carbocycles. The molecule has 0 saturated heterocycles. The Morgan fingerprint density at radius 2 is 2.12 bits per heavy atom. The minimum atomic E-state index is 0.0513. The van der Waals surface area contributed by atoms with Crippen LogP contribution in [0.3, 0.4) is 0 Å². The molecule has 0 aromatic rings. The van der Waals surface area contributed by atoms with E-state index in [1.165, 1.54) is 0 Å². The maximum atomic E-state index is 10.8. The lowest BCUT2D eigenvalue weighted by Crippen LogP contribution is -2.26. The van der Waals surface area contributed by atoms with E-state index < -0.39 is 0 Å². The van der Waals surface area contributed by atoms with Crippen LogP contribution >= 0.6 is 0 Å². The van der Waals surface area contributed by atoms with Crippen LogP contribution in [0.5, 0.6) is 0 Å². The third kappa shape index (κ3) is 11.1. The predicted octanol–water partition coefficient (Wildman–Crippen LogP) is -1.67. The van der Waals surface area contributed by atoms with Crippen molar-refractivity contribution in [2.45, 2.75) is 6.42 Å². The van der Waals surface area contributed by atoms with Crippen LogP contribution in [0.25, 0.3) is 0 Å². The van der Waals surface area contributed by atoms with Gasteiger partial charge in [0, 0.05) is 52.4 Å². The molecule has 6 nitrogen and oxygen atoms in total. The summed E-state index contributed by atoms with van der Waals surface area (Å²) in [4.78, 5) is 15.0. The maximum Gasteiger partial charge on any atom is 0.221 e. The van der Waals surface area contributed by atoms with Crippen molar-refractivity contribution in [3.05, 3.63) is 0 Å². The molecule has 0 heterocycles. The minimum absolute atomic E-state index is 0.0513. The Kier molecular flexibility index (Phi) is 11.4. The van der Waals surface area contributed by atoms with Crippen LogP contribution in [-0.4, -0.2) is 58.4 Å². The van der Waals surface area contributed by atoms with Crippen LogP contribution in [0.15, 0.2) is 4.99 Å². The number of nitrogens with two attached hydrogens (primary N) is 1. The molecule has 0 rings (SSSR count). The Morgan fingerprint density at radius 3 is 2.81 bits per heavy atom. The molecule has 0 spiro atoms. The number of carbonyl (C=O) groups is 1. The van der Waals surface area contributed by atoms with Crippen molar-refractivity contribution < 1.29 is 4.79 Å². The first-order valence-corrected chi connectivity index (χ1v) is 5.61. The van der Waals surface area contributed by atoms with E-state index in [1.807, 2.05) is 6.21 Å². The molecule has 0 aromatic heterocycles. The van der Waals surface area contributed by atoms with Crippen molar-refractivity contribution in [3.63, 3.8) is 0 Å². The molecular weight excluding hydrogens is 206 g/mol. The first-order valence-electron chi connectivity index (χ1n) is 5.61. The number of hydrogen-bond acceptors (Lipinski definition) is 5. The summed E-state index contributed by atoms with van der Waals surface area (Å²) in [6, 6.07) is 0. The van der Waals surface area contributed by atoms with Gasteiger partial charge in [-0.05, 0) is 0 Å². The molecule has 6 heteroatoms. The number of hydrogen-bond donors (Lipinski definition) is 4. The highest BCUT2D eigenvalue weighted by Crippen LogP contribution is 1.74. The Morgan fingerprint density at radius 1 is 1.31 bits per heavy atom. The number of carbonyl (C=O) groups excluding carboxylic acids is 1. The van der Waals surface area contributed by atoms with Gasteiger partial charge in [-0.3, -0.25) is 9.79 Å². The van der Waals surface area contributed by atoms with E-state index in [2.05, 4.69) is 20.9 Å². The molecule has 1 amide bonds. The van der Waals surface area contributed by atoms with Gasteiger partial charge in [0.25, 0.3) is 0 Å². The van der Waals surface area contributed by atoms with Gasteiger partial charge in [0.2, 0.25) is 5.91 Å². The molecule has 94 valence electrons. The van der Waals surface area contributed by atoms with E-state index >= 15 is 0 Å². The lowest BCUT2D eigenvalue weighted by atomic mass is 10.4. The average molecular weight is 229 g/mol. The largest absolute Gasteiger partial charge is 0.359 e. The number of aliphatic imine (C=N–C) groups is 1. The van der Waals surface area contributed by atoms with Gasteiger partial charge in [-0.2, -0.15) is 0 Å². The Labute approximate surface area is 97.1 Å². The fourth-order valence-electron chi connectivity index (χ4n) is 1.02. The number of rotatable bonds is 10. The highest BCUT2D eigenvalue weighted by Gasteiger charge is 1.94. The summed E-state index contributed by atoms with van der Waals surface area (Å²) < 4.78 is 0. The zero-order valence-electron chi connectivity index (χ0n) is 9.96. The van der Waals surface area contributed by atoms with E-state index in [0.717, 1.165) is 19.6 Å². The molecule has 0 bridgehead atoms. The van der Waals surface area contributed by atoms with E-state index in [-0.39, 0.29) is 5.91 Å². The molecule has 0 saturated carbocycles. The van der Waals surface area contributed by atoms with Gasteiger partial charge in [0.1, 0.15) is 0 Å². The molecular formula is C10H23N5O. The second kappa shape index (κ2) is 12.1. The molecule has 0 atom stereocenters. The van der Waals surface area contributed by atoms with Crippen molar-refractivity contribution in [2.75, 3.05) is 46.3 Å². The molecule has 0 aromatic carbocycles. The summed E-state index contributed by atoms with van der Waals surface area (Å²) in [5.74, 6) is 0.0513. The fourth-order valence-corrected chi connectivity index (χ4v) is 1.02. The summed E-state index contributed by atoms with van der Waals surface area (Å²) in [5, 5.41) is 8.81. The van der Waals surface area contributed by atoms with Crippen LogP contribution in [0.1, 0.15) is 6.42 Å². The lowest BCUT2D eigenvalue weighted by molar-refractivity contribution is -0.120. The maximum absolute atomic E-state index is 10.8. The van der Waals surface area contributed by atoms with Gasteiger partial charge in [-0.15, -0.1) is 0 Å². The first-order chi connectivity index (χ1) is 7.81. The average Bonchev–Trinajstić information content (AvgIpc) is 2.31. The SMILES string of the molecule is CNC(=O)CCNCC=NCCNCCN. The van der Waals surface area contributed by atoms with Crippen molar-refractivity contribution >= 4 is 12.1 Å². The minimum Gasteiger partial charge on any atom is -0.359 e. The highest BCUT2D eigenvalue weighted by atomic mass is 16.1. The third-order valence-corrected chi connectivity index (χ3v) is 1.91. The van der Waals surface area contributed by atoms with Gasteiger partial charge in [-0.1, -0.05) is 0 Å². The lowest BCUT2D eigenvalue weighted by Gasteiger charge is -2.00. The Bertz CT molecular complexity index is 196. The Balaban J connectivity index is 3.12. The highest BCUT2D eigenvalue weighted by molar-refractivity contribution is 5.75. The van der Waals surface area contributed by atoms with Gasteiger partial charge < -0.3 is 21.7 Å². The molecule has 0 aliphatic rings. The van der Waals surface area contributed by atoms with Crippen LogP contribution in [0, 0.1) is 0 Å². The summed E-state index contributed by atoms with van der Waals surface area (Å²) >= 11 is 0. The zero-order valence-corrected chi connectivity index (χ0v) is 9.96. The van der Waals surface area contributed by atoms with E-state index in [9.17, 15) is 4.79 Å². The van der Waals surface area contributed by atoms with Crippen LogP contribution in [-0.2, 0) is 4.79 Å². The van der Waals surface area contributed by atoms with Crippen molar-refractivity contribution in [3.8, 4) is 0 Å². The summed E-state index contributed by atoms with van der Waals surface area (Å²) in [5.41, 5.74) is 5.32. The van der Waals surface area contributed by atoms with Gasteiger partial charge in [-0.25, -0.2) is 0 Å². The normalized spacial score (nSPS) is 10.9. The number of nitrogens with zero attached hydrogens (tertiary/aromatic N) is 1. The first kappa shape index (κ1) is 15.0. The summed E-state index contributed by atoms with van der Waals surface area (Å²) in [6.45, 7) is 4.48. The number of amides is 1. The zero-order chi connectivity index (χ0) is 12.1. The third-order valence-electron chi connectivity index (χ3n) is 1.91. The molecule has 16 heavy (non-hydrogen) atoms. The molecule has 0 radical (unpaired) electrons. The van der Waals surface area contributed by atoms with Gasteiger partial charge in [0.15, 0.2) is 0 Å². The van der Waals surface area contributed by atoms with Crippen molar-refractivity contribution in [2.24, 2.45) is 10.7 Å². The van der Waals surface area contributed by atoms with Crippen molar-refractivity contribution in [1.82, 2.24) is 16.0 Å². The fraction of sp³-hybridized carbons (Fsp3) is 0.800. The molecule has 0 unspecified atom stereocenters. The second-order valence-corrected chi connectivity index (χ2v) is 3.25. The van der Waals surface area contributed by atoms with E-state index in [0.29, 0.717) is 26.1 Å². The van der Waals surface area contributed by atoms with Crippen molar-refractivity contribution in [1.29, 1.82) is 0 Å². The van der Waals surface area contributed by atoms with Crippen LogP contribution < -0.4 is 21.7 Å². The molecule has 0 fully saturated rings. The summed E-state index contributed by atoms with van der Waals surface area (Å²) in [6.07, 6.45) is 2.33. The molecule has 5 N–H and O–H groups in total. The van der Waals surface area contributed by atoms with Gasteiger partial charge >= 0.3 is 0 Å². The van der Waals surface area contributed by atoms with Crippen LogP contribution in [0.4, 0.5) is 0 Å². The monoisotopic (exact) mass is 229 g/mol. The second-order valence-electron chi connectivity index (χ2n) is 3.25. The van der Waals surface area contributed by atoms with Crippen LogP contribution in [0.2, 0.25) is 0 Å². The summed E-state index contributed by atoms with van der Waals surface area (Å²) in [7, 11) is 1.64. The molecule has 0 aliphatic heterocycles. The topological polar surface area (TPSA) is 91.5 Å². The Hall–Kier alpha value is -0.980. The number of nitrogens with one attached hydrogen (secondary N) is 3. The quantitative estimate of drug-likeness (QED) is 0.266. The smallest absolute Gasteiger partial charge is 0.221 e. The predicted molar refractivity (Wildman–Crippen MR) is 66.8 cm³/mol. The van der Waals surface area contributed by atoms with E-state index in [4.69, 9.17) is 5.73 Å².